The Morgan fingerprint density at radius 1 is 1.12 bits per heavy atom. The van der Waals surface area contributed by atoms with Gasteiger partial charge in [-0.15, -0.1) is 0 Å². The predicted molar refractivity (Wildman–Crippen MR) is 92.2 cm³/mol. The molecule has 1 saturated carbocycles. The third-order valence-electron chi connectivity index (χ3n) is 5.42. The minimum absolute atomic E-state index is 0.132. The lowest BCUT2D eigenvalue weighted by atomic mass is 9.97. The molecule has 6 nitrogen and oxygen atoms in total. The second-order valence-corrected chi connectivity index (χ2v) is 7.29. The van der Waals surface area contributed by atoms with Crippen LogP contribution in [0.2, 0.25) is 0 Å². The average molecular weight is 338 g/mol. The first kappa shape index (κ1) is 15.1. The molecular weight excluding hydrogens is 316 g/mol. The van der Waals surface area contributed by atoms with Gasteiger partial charge in [0.2, 0.25) is 5.89 Å². The number of oxazole rings is 1. The number of benzene rings is 1. The van der Waals surface area contributed by atoms with E-state index < -0.39 is 0 Å². The maximum Gasteiger partial charge on any atom is 0.243 e. The van der Waals surface area contributed by atoms with E-state index in [1.165, 1.54) is 12.8 Å². The normalized spacial score (nSPS) is 23.2. The van der Waals surface area contributed by atoms with Crippen molar-refractivity contribution in [2.24, 2.45) is 0 Å². The highest BCUT2D eigenvalue weighted by Gasteiger charge is 2.33. The number of piperidine rings is 1. The standard InChI is InChI=1S/C19H22N4O2/c1-12(18-21-17(22-25-18)13-8-9-13)23-10-4-5-14(11-23)19-20-15-6-2-3-7-16(15)24-19/h2-3,6-7,12-14H,4-5,8-11H2,1H3/t12-,14-/m0/s1. The number of hydrogen-bond donors (Lipinski definition) is 0. The first-order chi connectivity index (χ1) is 12.3. The van der Waals surface area contributed by atoms with E-state index in [4.69, 9.17) is 13.9 Å². The van der Waals surface area contributed by atoms with E-state index in [2.05, 4.69) is 22.0 Å². The van der Waals surface area contributed by atoms with Crippen LogP contribution in [-0.4, -0.2) is 33.1 Å². The molecule has 0 radical (unpaired) electrons. The van der Waals surface area contributed by atoms with Gasteiger partial charge in [-0.1, -0.05) is 17.3 Å². The van der Waals surface area contributed by atoms with Gasteiger partial charge >= 0.3 is 0 Å². The Labute approximate surface area is 146 Å². The van der Waals surface area contributed by atoms with Gasteiger partial charge in [-0.3, -0.25) is 4.90 Å². The smallest absolute Gasteiger partial charge is 0.243 e. The van der Waals surface area contributed by atoms with Gasteiger partial charge in [-0.25, -0.2) is 4.98 Å². The predicted octanol–water partition coefficient (Wildman–Crippen LogP) is 4.03. The van der Waals surface area contributed by atoms with Crippen LogP contribution in [0.25, 0.3) is 11.1 Å². The van der Waals surface area contributed by atoms with Gasteiger partial charge in [0.15, 0.2) is 17.3 Å². The minimum atomic E-state index is 0.132. The molecule has 3 aromatic rings. The summed E-state index contributed by atoms with van der Waals surface area (Å²) in [6.07, 6.45) is 4.61. The fraction of sp³-hybridized carbons (Fsp3) is 0.526. The molecule has 0 unspecified atom stereocenters. The van der Waals surface area contributed by atoms with Crippen molar-refractivity contribution in [3.8, 4) is 0 Å². The largest absolute Gasteiger partial charge is 0.440 e. The van der Waals surface area contributed by atoms with E-state index in [1.807, 2.05) is 24.3 Å². The summed E-state index contributed by atoms with van der Waals surface area (Å²) in [6.45, 7) is 4.10. The van der Waals surface area contributed by atoms with Crippen molar-refractivity contribution in [3.63, 3.8) is 0 Å². The lowest BCUT2D eigenvalue weighted by Crippen LogP contribution is -2.36. The van der Waals surface area contributed by atoms with Crippen molar-refractivity contribution < 1.29 is 8.94 Å². The van der Waals surface area contributed by atoms with E-state index in [9.17, 15) is 0 Å². The SMILES string of the molecule is C[C@@H](c1nc(C2CC2)no1)N1CCC[C@H](c2nc3ccccc3o2)C1. The zero-order valence-corrected chi connectivity index (χ0v) is 14.4. The fourth-order valence-electron chi connectivity index (χ4n) is 3.70. The third-order valence-corrected chi connectivity index (χ3v) is 5.42. The topological polar surface area (TPSA) is 68.2 Å². The van der Waals surface area contributed by atoms with Crippen LogP contribution >= 0.6 is 0 Å². The highest BCUT2D eigenvalue weighted by atomic mass is 16.5. The Balaban J connectivity index is 1.34. The van der Waals surface area contributed by atoms with Crippen LogP contribution in [0.1, 0.15) is 68.1 Å². The van der Waals surface area contributed by atoms with Crippen LogP contribution in [0.15, 0.2) is 33.2 Å². The number of hydrogen-bond acceptors (Lipinski definition) is 6. The lowest BCUT2D eigenvalue weighted by molar-refractivity contribution is 0.126. The van der Waals surface area contributed by atoms with Crippen molar-refractivity contribution in [3.05, 3.63) is 41.9 Å². The van der Waals surface area contributed by atoms with Crippen molar-refractivity contribution in [1.29, 1.82) is 0 Å². The van der Waals surface area contributed by atoms with Gasteiger partial charge in [0.25, 0.3) is 0 Å². The molecule has 0 N–H and O–H groups in total. The number of likely N-dealkylation sites (tertiary alicyclic amines) is 1. The molecule has 6 heteroatoms. The summed E-state index contributed by atoms with van der Waals surface area (Å²) in [5.41, 5.74) is 1.81. The Morgan fingerprint density at radius 2 is 2.00 bits per heavy atom. The van der Waals surface area contributed by atoms with Crippen LogP contribution < -0.4 is 0 Å². The van der Waals surface area contributed by atoms with Crippen molar-refractivity contribution in [2.45, 2.75) is 50.5 Å². The van der Waals surface area contributed by atoms with E-state index in [0.717, 1.165) is 54.6 Å². The number of para-hydroxylation sites is 2. The third kappa shape index (κ3) is 2.84. The number of aromatic nitrogens is 3. The van der Waals surface area contributed by atoms with Crippen molar-refractivity contribution in [1.82, 2.24) is 20.0 Å². The van der Waals surface area contributed by atoms with Gasteiger partial charge in [0.1, 0.15) is 5.52 Å². The van der Waals surface area contributed by atoms with Gasteiger partial charge in [0.05, 0.1) is 6.04 Å². The van der Waals surface area contributed by atoms with E-state index >= 15 is 0 Å². The molecule has 1 aliphatic heterocycles. The number of rotatable bonds is 4. The number of nitrogens with zero attached hydrogens (tertiary/aromatic N) is 4. The highest BCUT2D eigenvalue weighted by molar-refractivity contribution is 5.72. The monoisotopic (exact) mass is 338 g/mol. The molecule has 3 heterocycles. The van der Waals surface area contributed by atoms with Gasteiger partial charge in [-0.05, 0) is 51.3 Å². The lowest BCUT2D eigenvalue weighted by Gasteiger charge is -2.34. The maximum atomic E-state index is 6.00. The molecular formula is C19H22N4O2. The first-order valence-electron chi connectivity index (χ1n) is 9.21. The summed E-state index contributed by atoms with van der Waals surface area (Å²) in [4.78, 5) is 11.7. The van der Waals surface area contributed by atoms with Crippen LogP contribution in [0.3, 0.4) is 0 Å². The van der Waals surface area contributed by atoms with Crippen molar-refractivity contribution >= 4 is 11.1 Å². The second-order valence-electron chi connectivity index (χ2n) is 7.29. The summed E-state index contributed by atoms with van der Waals surface area (Å²) >= 11 is 0. The summed E-state index contributed by atoms with van der Waals surface area (Å²) in [5, 5.41) is 4.16. The van der Waals surface area contributed by atoms with Gasteiger partial charge < -0.3 is 8.94 Å². The summed E-state index contributed by atoms with van der Waals surface area (Å²) in [6, 6.07) is 8.10. The summed E-state index contributed by atoms with van der Waals surface area (Å²) < 4.78 is 11.5. The molecule has 2 atom stereocenters. The Bertz CT molecular complexity index is 849. The van der Waals surface area contributed by atoms with Crippen molar-refractivity contribution in [2.75, 3.05) is 13.1 Å². The Kier molecular flexibility index (Phi) is 3.59. The molecule has 0 bridgehead atoms. The van der Waals surface area contributed by atoms with E-state index in [1.54, 1.807) is 0 Å². The molecule has 2 fully saturated rings. The molecule has 1 aromatic carbocycles. The Morgan fingerprint density at radius 3 is 2.84 bits per heavy atom. The molecule has 0 amide bonds. The fourth-order valence-corrected chi connectivity index (χ4v) is 3.70. The minimum Gasteiger partial charge on any atom is -0.440 e. The van der Waals surface area contributed by atoms with Crippen LogP contribution in [0, 0.1) is 0 Å². The van der Waals surface area contributed by atoms with E-state index in [0.29, 0.717) is 11.8 Å². The zero-order valence-electron chi connectivity index (χ0n) is 14.4. The van der Waals surface area contributed by atoms with Crippen LogP contribution in [-0.2, 0) is 0 Å². The molecule has 25 heavy (non-hydrogen) atoms. The van der Waals surface area contributed by atoms with Crippen LogP contribution in [0.5, 0.6) is 0 Å². The van der Waals surface area contributed by atoms with Gasteiger partial charge in [0, 0.05) is 18.4 Å². The highest BCUT2D eigenvalue weighted by Crippen LogP contribution is 2.39. The molecule has 130 valence electrons. The summed E-state index contributed by atoms with van der Waals surface area (Å²) in [7, 11) is 0. The van der Waals surface area contributed by atoms with Crippen LogP contribution in [0.4, 0.5) is 0 Å². The second kappa shape index (κ2) is 5.95. The van der Waals surface area contributed by atoms with E-state index in [-0.39, 0.29) is 6.04 Å². The molecule has 5 rings (SSSR count). The zero-order chi connectivity index (χ0) is 16.8. The molecule has 2 aliphatic rings. The average Bonchev–Trinajstić information content (AvgIpc) is 3.22. The molecule has 0 spiro atoms. The molecule has 1 saturated heterocycles. The first-order valence-corrected chi connectivity index (χ1v) is 9.21. The molecule has 1 aliphatic carbocycles. The molecule has 2 aromatic heterocycles. The number of fused-ring (bicyclic) bond motifs is 1. The van der Waals surface area contributed by atoms with Gasteiger partial charge in [-0.2, -0.15) is 4.98 Å². The quantitative estimate of drug-likeness (QED) is 0.715. The maximum absolute atomic E-state index is 6.00. The Hall–Kier alpha value is -2.21. The summed E-state index contributed by atoms with van der Waals surface area (Å²) in [5.74, 6) is 3.31.